The molecule has 0 saturated heterocycles. The highest BCUT2D eigenvalue weighted by Crippen LogP contribution is 2.17. The quantitative estimate of drug-likeness (QED) is 0.328. The van der Waals surface area contributed by atoms with E-state index in [0.29, 0.717) is 12.8 Å². The van der Waals surface area contributed by atoms with Gasteiger partial charge in [-0.05, 0) is 57.9 Å². The fourth-order valence-electron chi connectivity index (χ4n) is 2.06. The SMILES string of the molecule is CC(=O)OCCC[C@@H](COS(=O)(=O)c1ccc(Br)cc1)NC(=O)OC(C)(C)C. The number of amides is 1. The summed E-state index contributed by atoms with van der Waals surface area (Å²) in [4.78, 5) is 22.9. The Morgan fingerprint density at radius 3 is 2.32 bits per heavy atom. The minimum atomic E-state index is -3.99. The number of halogens is 1. The maximum atomic E-state index is 12.3. The molecule has 0 fully saturated rings. The van der Waals surface area contributed by atoms with Crippen molar-refractivity contribution in [3.63, 3.8) is 0 Å². The summed E-state index contributed by atoms with van der Waals surface area (Å²) in [5.41, 5.74) is -0.698. The lowest BCUT2D eigenvalue weighted by Gasteiger charge is -2.23. The highest BCUT2D eigenvalue weighted by molar-refractivity contribution is 9.10. The van der Waals surface area contributed by atoms with Crippen LogP contribution in [0.5, 0.6) is 0 Å². The second kappa shape index (κ2) is 10.8. The Labute approximate surface area is 174 Å². The van der Waals surface area contributed by atoms with Gasteiger partial charge in [-0.15, -0.1) is 0 Å². The molecule has 8 nitrogen and oxygen atoms in total. The number of nitrogens with one attached hydrogen (secondary N) is 1. The van der Waals surface area contributed by atoms with Gasteiger partial charge in [-0.2, -0.15) is 8.42 Å². The molecule has 1 N–H and O–H groups in total. The van der Waals surface area contributed by atoms with E-state index in [1.807, 2.05) is 0 Å². The maximum Gasteiger partial charge on any atom is 0.407 e. The van der Waals surface area contributed by atoms with Crippen LogP contribution in [0.25, 0.3) is 0 Å². The number of ether oxygens (including phenoxy) is 2. The zero-order chi connectivity index (χ0) is 21.4. The Bertz CT molecular complexity index is 757. The predicted octanol–water partition coefficient (Wildman–Crippen LogP) is 3.39. The summed E-state index contributed by atoms with van der Waals surface area (Å²) < 4.78 is 40.6. The third-order valence-corrected chi connectivity index (χ3v) is 5.07. The minimum Gasteiger partial charge on any atom is -0.466 e. The third kappa shape index (κ3) is 10.0. The first kappa shape index (κ1) is 24.4. The van der Waals surface area contributed by atoms with Crippen molar-refractivity contribution in [1.82, 2.24) is 5.32 Å². The number of hydrogen-bond donors (Lipinski definition) is 1. The number of esters is 1. The van der Waals surface area contributed by atoms with Crippen molar-refractivity contribution in [2.45, 2.75) is 57.1 Å². The largest absolute Gasteiger partial charge is 0.466 e. The van der Waals surface area contributed by atoms with Gasteiger partial charge in [0.15, 0.2) is 0 Å². The van der Waals surface area contributed by atoms with Gasteiger partial charge in [0.05, 0.1) is 24.2 Å². The number of rotatable bonds is 9. The average molecular weight is 480 g/mol. The van der Waals surface area contributed by atoms with E-state index in [4.69, 9.17) is 13.7 Å². The van der Waals surface area contributed by atoms with Crippen LogP contribution in [0.4, 0.5) is 4.79 Å². The van der Waals surface area contributed by atoms with E-state index in [1.165, 1.54) is 19.1 Å². The van der Waals surface area contributed by atoms with E-state index in [-0.39, 0.29) is 18.1 Å². The van der Waals surface area contributed by atoms with Crippen molar-refractivity contribution in [2.75, 3.05) is 13.2 Å². The molecular weight excluding hydrogens is 454 g/mol. The molecule has 28 heavy (non-hydrogen) atoms. The Balaban J connectivity index is 2.72. The van der Waals surface area contributed by atoms with Crippen LogP contribution in [0.3, 0.4) is 0 Å². The van der Waals surface area contributed by atoms with Crippen LogP contribution in [0, 0.1) is 0 Å². The molecule has 0 radical (unpaired) electrons. The lowest BCUT2D eigenvalue weighted by molar-refractivity contribution is -0.141. The van der Waals surface area contributed by atoms with E-state index in [9.17, 15) is 18.0 Å². The smallest absolute Gasteiger partial charge is 0.407 e. The molecule has 158 valence electrons. The molecule has 10 heteroatoms. The van der Waals surface area contributed by atoms with Crippen LogP contribution in [0.1, 0.15) is 40.5 Å². The van der Waals surface area contributed by atoms with Crippen LogP contribution in [-0.2, 0) is 28.6 Å². The zero-order valence-electron chi connectivity index (χ0n) is 16.4. The maximum absolute atomic E-state index is 12.3. The van der Waals surface area contributed by atoms with Crippen molar-refractivity contribution >= 4 is 38.1 Å². The molecule has 1 atom stereocenters. The highest BCUT2D eigenvalue weighted by atomic mass is 79.9. The second-order valence-electron chi connectivity index (χ2n) is 7.02. The van der Waals surface area contributed by atoms with Crippen molar-refractivity contribution in [2.24, 2.45) is 0 Å². The van der Waals surface area contributed by atoms with Gasteiger partial charge in [0.25, 0.3) is 10.1 Å². The molecule has 1 aromatic carbocycles. The van der Waals surface area contributed by atoms with Gasteiger partial charge in [-0.3, -0.25) is 8.98 Å². The second-order valence-corrected chi connectivity index (χ2v) is 9.55. The summed E-state index contributed by atoms with van der Waals surface area (Å²) >= 11 is 3.24. The number of hydrogen-bond acceptors (Lipinski definition) is 7. The molecule has 0 heterocycles. The molecule has 0 unspecified atom stereocenters. The molecule has 1 amide bonds. The van der Waals surface area contributed by atoms with Crippen molar-refractivity contribution in [3.05, 3.63) is 28.7 Å². The summed E-state index contributed by atoms with van der Waals surface area (Å²) in [5.74, 6) is -0.411. The van der Waals surface area contributed by atoms with Crippen LogP contribution in [-0.4, -0.2) is 45.3 Å². The minimum absolute atomic E-state index is 0.00614. The van der Waals surface area contributed by atoms with E-state index >= 15 is 0 Å². The highest BCUT2D eigenvalue weighted by Gasteiger charge is 2.22. The van der Waals surface area contributed by atoms with Crippen LogP contribution in [0.2, 0.25) is 0 Å². The van der Waals surface area contributed by atoms with E-state index in [0.717, 1.165) is 4.47 Å². The fourth-order valence-corrected chi connectivity index (χ4v) is 3.27. The van der Waals surface area contributed by atoms with E-state index < -0.39 is 33.8 Å². The molecule has 0 saturated carbocycles. The molecular formula is C18H26BrNO7S. The number of alkyl carbamates (subject to hydrolysis) is 1. The molecule has 0 aromatic heterocycles. The summed E-state index contributed by atoms with van der Waals surface area (Å²) in [6.45, 7) is 6.33. The van der Waals surface area contributed by atoms with Crippen LogP contribution < -0.4 is 5.32 Å². The van der Waals surface area contributed by atoms with Gasteiger partial charge in [0.1, 0.15) is 5.60 Å². The standard InChI is InChI=1S/C18H26BrNO7S/c1-13(21)25-11-5-6-15(20-17(22)27-18(2,3)4)12-26-28(23,24)16-9-7-14(19)8-10-16/h7-10,15H,5-6,11-12H2,1-4H3,(H,20,22)/t15-/m0/s1. The van der Waals surface area contributed by atoms with E-state index in [2.05, 4.69) is 21.2 Å². The number of benzene rings is 1. The van der Waals surface area contributed by atoms with Crippen molar-refractivity contribution in [1.29, 1.82) is 0 Å². The molecule has 0 bridgehead atoms. The normalized spacial score (nSPS) is 12.9. The van der Waals surface area contributed by atoms with Crippen LogP contribution in [0.15, 0.2) is 33.6 Å². The predicted molar refractivity (Wildman–Crippen MR) is 106 cm³/mol. The first-order valence-electron chi connectivity index (χ1n) is 8.67. The number of carbonyl (C=O) groups is 2. The Morgan fingerprint density at radius 1 is 1.18 bits per heavy atom. The lowest BCUT2D eigenvalue weighted by atomic mass is 10.2. The van der Waals surface area contributed by atoms with Crippen molar-refractivity contribution in [3.8, 4) is 0 Å². The zero-order valence-corrected chi connectivity index (χ0v) is 18.8. The molecule has 0 aliphatic heterocycles. The monoisotopic (exact) mass is 479 g/mol. The summed E-state index contributed by atoms with van der Waals surface area (Å²) in [7, 11) is -3.99. The van der Waals surface area contributed by atoms with Crippen LogP contribution >= 0.6 is 15.9 Å². The average Bonchev–Trinajstić information content (AvgIpc) is 2.55. The number of carbonyl (C=O) groups excluding carboxylic acids is 2. The first-order chi connectivity index (χ1) is 12.9. The Kier molecular flexibility index (Phi) is 9.38. The molecule has 0 aliphatic rings. The molecule has 1 aromatic rings. The fraction of sp³-hybridized carbons (Fsp3) is 0.556. The molecule has 0 aliphatic carbocycles. The first-order valence-corrected chi connectivity index (χ1v) is 10.9. The van der Waals surface area contributed by atoms with Gasteiger partial charge in [-0.25, -0.2) is 4.79 Å². The van der Waals surface area contributed by atoms with Gasteiger partial charge >= 0.3 is 12.1 Å². The van der Waals surface area contributed by atoms with Gasteiger partial charge in [-0.1, -0.05) is 15.9 Å². The van der Waals surface area contributed by atoms with Crippen molar-refractivity contribution < 1.29 is 31.7 Å². The van der Waals surface area contributed by atoms with Gasteiger partial charge in [0, 0.05) is 11.4 Å². The topological polar surface area (TPSA) is 108 Å². The van der Waals surface area contributed by atoms with Gasteiger partial charge in [0.2, 0.25) is 0 Å². The van der Waals surface area contributed by atoms with Gasteiger partial charge < -0.3 is 14.8 Å². The summed E-state index contributed by atoms with van der Waals surface area (Å²) in [6, 6.07) is 5.36. The molecule has 0 spiro atoms. The lowest BCUT2D eigenvalue weighted by Crippen LogP contribution is -2.42. The Morgan fingerprint density at radius 2 is 1.79 bits per heavy atom. The summed E-state index contributed by atoms with van der Waals surface area (Å²) in [5, 5.41) is 2.60. The summed E-state index contributed by atoms with van der Waals surface area (Å²) in [6.07, 6.45) is 0.0686. The van der Waals surface area contributed by atoms with E-state index in [1.54, 1.807) is 32.9 Å². The Hall–Kier alpha value is -1.65. The molecule has 1 rings (SSSR count). The third-order valence-electron chi connectivity index (χ3n) is 3.25.